The van der Waals surface area contributed by atoms with Crippen LogP contribution in [0, 0.1) is 5.92 Å². The van der Waals surface area contributed by atoms with Crippen molar-refractivity contribution in [2.75, 3.05) is 13.2 Å². The summed E-state index contributed by atoms with van der Waals surface area (Å²) in [5.74, 6) is 1.05. The van der Waals surface area contributed by atoms with E-state index in [1.54, 1.807) is 0 Å². The smallest absolute Gasteiger partial charge is 0.157 e. The minimum Gasteiger partial charge on any atom is -0.353 e. The lowest BCUT2D eigenvalue weighted by atomic mass is 9.82. The molecule has 0 amide bonds. The van der Waals surface area contributed by atoms with Gasteiger partial charge in [-0.3, -0.25) is 0 Å². The van der Waals surface area contributed by atoms with Gasteiger partial charge in [-0.2, -0.15) is 0 Å². The van der Waals surface area contributed by atoms with Gasteiger partial charge in [0.15, 0.2) is 6.29 Å². The van der Waals surface area contributed by atoms with E-state index in [1.807, 2.05) is 0 Å². The van der Waals surface area contributed by atoms with E-state index in [9.17, 15) is 0 Å². The summed E-state index contributed by atoms with van der Waals surface area (Å²) < 4.78 is 11.2. The van der Waals surface area contributed by atoms with Crippen LogP contribution in [0.15, 0.2) is 0 Å². The van der Waals surface area contributed by atoms with Crippen LogP contribution in [-0.2, 0) is 9.47 Å². The van der Waals surface area contributed by atoms with Crippen LogP contribution in [0.3, 0.4) is 0 Å². The number of unbranched alkanes of at least 4 members (excludes halogenated alkanes) is 1. The highest BCUT2D eigenvalue weighted by atomic mass is 16.7. The fourth-order valence-corrected chi connectivity index (χ4v) is 2.37. The molecule has 0 aromatic rings. The van der Waals surface area contributed by atoms with E-state index in [0.717, 1.165) is 25.6 Å². The first-order valence-electron chi connectivity index (χ1n) is 6.68. The maximum atomic E-state index is 5.69. The van der Waals surface area contributed by atoms with E-state index >= 15 is 0 Å². The Bertz CT molecular complexity index is 160. The van der Waals surface area contributed by atoms with Gasteiger partial charge in [-0.15, -0.1) is 0 Å². The Morgan fingerprint density at radius 3 is 2.60 bits per heavy atom. The summed E-state index contributed by atoms with van der Waals surface area (Å²) in [4.78, 5) is 0. The molecule has 1 aliphatic carbocycles. The third kappa shape index (κ3) is 4.12. The van der Waals surface area contributed by atoms with Crippen LogP contribution in [0.4, 0.5) is 0 Å². The van der Waals surface area contributed by atoms with Gasteiger partial charge in [0, 0.05) is 13.2 Å². The average molecular weight is 212 g/mol. The summed E-state index contributed by atoms with van der Waals surface area (Å²) in [7, 11) is 0. The van der Waals surface area contributed by atoms with Crippen molar-refractivity contribution in [2.45, 2.75) is 64.1 Å². The van der Waals surface area contributed by atoms with Crippen LogP contribution in [0.2, 0.25) is 0 Å². The molecule has 1 heterocycles. The first-order chi connectivity index (χ1) is 7.45. The van der Waals surface area contributed by atoms with Crippen LogP contribution >= 0.6 is 0 Å². The lowest BCUT2D eigenvalue weighted by Gasteiger charge is -2.25. The standard InChI is InChI=1S/C13H24O2/c1(6-12-7-5-8-12)3-10-14-13-9-2-4-11-15-13/h12-13H,1-11H2. The second kappa shape index (κ2) is 6.49. The Morgan fingerprint density at radius 2 is 1.93 bits per heavy atom. The SMILES string of the molecule is C(CCC1CCC1)COC1CCCCO1. The van der Waals surface area contributed by atoms with Gasteiger partial charge >= 0.3 is 0 Å². The summed E-state index contributed by atoms with van der Waals surface area (Å²) in [6.45, 7) is 1.80. The Morgan fingerprint density at radius 1 is 1.00 bits per heavy atom. The highest BCUT2D eigenvalue weighted by Gasteiger charge is 2.17. The number of hydrogen-bond acceptors (Lipinski definition) is 2. The zero-order chi connectivity index (χ0) is 10.3. The highest BCUT2D eigenvalue weighted by Crippen LogP contribution is 2.30. The van der Waals surface area contributed by atoms with Gasteiger partial charge < -0.3 is 9.47 Å². The van der Waals surface area contributed by atoms with Crippen LogP contribution in [0.25, 0.3) is 0 Å². The van der Waals surface area contributed by atoms with Crippen molar-refractivity contribution in [3.63, 3.8) is 0 Å². The Balaban J connectivity index is 1.40. The van der Waals surface area contributed by atoms with Crippen molar-refractivity contribution in [3.8, 4) is 0 Å². The van der Waals surface area contributed by atoms with Crippen molar-refractivity contribution < 1.29 is 9.47 Å². The summed E-state index contributed by atoms with van der Waals surface area (Å²) in [5, 5.41) is 0. The monoisotopic (exact) mass is 212 g/mol. The van der Waals surface area contributed by atoms with E-state index in [4.69, 9.17) is 9.47 Å². The van der Waals surface area contributed by atoms with Crippen LogP contribution < -0.4 is 0 Å². The molecule has 0 bridgehead atoms. The van der Waals surface area contributed by atoms with Gasteiger partial charge in [0.1, 0.15) is 0 Å². The number of rotatable bonds is 6. The highest BCUT2D eigenvalue weighted by molar-refractivity contribution is 4.69. The van der Waals surface area contributed by atoms with E-state index in [1.165, 1.54) is 51.4 Å². The average Bonchev–Trinajstić information content (AvgIpc) is 2.22. The van der Waals surface area contributed by atoms with E-state index in [0.29, 0.717) is 0 Å². The number of ether oxygens (including phenoxy) is 2. The van der Waals surface area contributed by atoms with Gasteiger partial charge in [0.2, 0.25) is 0 Å². The minimum atomic E-state index is 0.113. The second-order valence-corrected chi connectivity index (χ2v) is 4.96. The molecule has 15 heavy (non-hydrogen) atoms. The third-order valence-corrected chi connectivity index (χ3v) is 3.67. The topological polar surface area (TPSA) is 18.5 Å². The molecule has 2 aliphatic rings. The molecule has 1 saturated heterocycles. The molecule has 0 aromatic carbocycles. The van der Waals surface area contributed by atoms with Gasteiger partial charge in [0.05, 0.1) is 0 Å². The first kappa shape index (κ1) is 11.4. The molecule has 0 N–H and O–H groups in total. The maximum Gasteiger partial charge on any atom is 0.157 e. The van der Waals surface area contributed by atoms with Crippen molar-refractivity contribution in [1.29, 1.82) is 0 Å². The quantitative estimate of drug-likeness (QED) is 0.627. The molecule has 1 unspecified atom stereocenters. The van der Waals surface area contributed by atoms with Crippen LogP contribution in [0.1, 0.15) is 57.8 Å². The van der Waals surface area contributed by atoms with E-state index in [2.05, 4.69) is 0 Å². The molecule has 2 heteroatoms. The molecule has 0 aromatic heterocycles. The molecular weight excluding hydrogens is 188 g/mol. The van der Waals surface area contributed by atoms with Crippen molar-refractivity contribution >= 4 is 0 Å². The second-order valence-electron chi connectivity index (χ2n) is 4.96. The summed E-state index contributed by atoms with van der Waals surface area (Å²) >= 11 is 0. The molecule has 0 spiro atoms. The summed E-state index contributed by atoms with van der Waals surface area (Å²) in [6.07, 6.45) is 12.1. The molecular formula is C13H24O2. The zero-order valence-corrected chi connectivity index (χ0v) is 9.75. The first-order valence-corrected chi connectivity index (χ1v) is 6.68. The summed E-state index contributed by atoms with van der Waals surface area (Å²) in [5.41, 5.74) is 0. The maximum absolute atomic E-state index is 5.69. The fourth-order valence-electron chi connectivity index (χ4n) is 2.37. The van der Waals surface area contributed by atoms with Crippen LogP contribution in [-0.4, -0.2) is 19.5 Å². The largest absolute Gasteiger partial charge is 0.353 e. The molecule has 1 atom stereocenters. The Labute approximate surface area is 93.3 Å². The normalized spacial score (nSPS) is 27.6. The molecule has 2 fully saturated rings. The van der Waals surface area contributed by atoms with Gasteiger partial charge in [-0.1, -0.05) is 32.1 Å². The Hall–Kier alpha value is -0.0800. The number of hydrogen-bond donors (Lipinski definition) is 0. The molecule has 0 radical (unpaired) electrons. The molecule has 2 nitrogen and oxygen atoms in total. The van der Waals surface area contributed by atoms with E-state index < -0.39 is 0 Å². The molecule has 2 rings (SSSR count). The van der Waals surface area contributed by atoms with Crippen LogP contribution in [0.5, 0.6) is 0 Å². The molecule has 1 saturated carbocycles. The predicted molar refractivity (Wildman–Crippen MR) is 60.7 cm³/mol. The summed E-state index contributed by atoms with van der Waals surface area (Å²) in [6, 6.07) is 0. The third-order valence-electron chi connectivity index (χ3n) is 3.67. The van der Waals surface area contributed by atoms with Crippen molar-refractivity contribution in [3.05, 3.63) is 0 Å². The van der Waals surface area contributed by atoms with Crippen molar-refractivity contribution in [2.24, 2.45) is 5.92 Å². The van der Waals surface area contributed by atoms with E-state index in [-0.39, 0.29) is 6.29 Å². The van der Waals surface area contributed by atoms with Crippen molar-refractivity contribution in [1.82, 2.24) is 0 Å². The lowest BCUT2D eigenvalue weighted by molar-refractivity contribution is -0.162. The van der Waals surface area contributed by atoms with Gasteiger partial charge in [-0.05, 0) is 31.6 Å². The molecule has 1 aliphatic heterocycles. The predicted octanol–water partition coefficient (Wildman–Crippen LogP) is 3.50. The lowest BCUT2D eigenvalue weighted by Crippen LogP contribution is -2.22. The zero-order valence-electron chi connectivity index (χ0n) is 9.75. The molecule has 88 valence electrons. The van der Waals surface area contributed by atoms with Gasteiger partial charge in [-0.25, -0.2) is 0 Å². The van der Waals surface area contributed by atoms with Gasteiger partial charge in [0.25, 0.3) is 0 Å². The fraction of sp³-hybridized carbons (Fsp3) is 1.00. The minimum absolute atomic E-state index is 0.113. The Kier molecular flexibility index (Phi) is 4.94.